The van der Waals surface area contributed by atoms with Gasteiger partial charge in [-0.15, -0.1) is 0 Å². The number of nitrogens with zero attached hydrogens (tertiary/aromatic N) is 2. The molecule has 0 radical (unpaired) electrons. The second-order valence-corrected chi connectivity index (χ2v) is 15.8. The Morgan fingerprint density at radius 3 is 0.875 bits per heavy atom. The highest BCUT2D eigenvalue weighted by atomic mass is 31.1. The molecule has 0 saturated carbocycles. The van der Waals surface area contributed by atoms with E-state index >= 15 is 0 Å². The van der Waals surface area contributed by atoms with Gasteiger partial charge >= 0.3 is 0 Å². The van der Waals surface area contributed by atoms with Crippen LogP contribution in [0.15, 0.2) is 134 Å². The molecule has 5 aromatic rings. The van der Waals surface area contributed by atoms with Crippen LogP contribution in [0.1, 0.15) is 70.6 Å². The lowest BCUT2D eigenvalue weighted by Gasteiger charge is -2.32. The van der Waals surface area contributed by atoms with Crippen LogP contribution in [0.3, 0.4) is 0 Å². The van der Waals surface area contributed by atoms with Crippen molar-refractivity contribution in [3.05, 3.63) is 156 Å². The number of rotatable bonds is 6. The second kappa shape index (κ2) is 11.7. The smallest absolute Gasteiger partial charge is 0.0901 e. The van der Waals surface area contributed by atoms with Crippen LogP contribution < -0.4 is 10.9 Å². The van der Waals surface area contributed by atoms with E-state index in [1.54, 1.807) is 0 Å². The molecule has 2 nitrogen and oxygen atoms in total. The first-order valence-electron chi connectivity index (χ1n) is 14.5. The van der Waals surface area contributed by atoms with Crippen LogP contribution in [0.5, 0.6) is 0 Å². The molecule has 0 amide bonds. The Bertz CT molecular complexity index is 1320. The molecule has 0 aliphatic carbocycles. The molecule has 0 N–H and O–H groups in total. The third-order valence-corrected chi connectivity index (χ3v) is 15.4. The van der Waals surface area contributed by atoms with Gasteiger partial charge in [0.15, 0.2) is 0 Å². The van der Waals surface area contributed by atoms with Gasteiger partial charge in [0, 0.05) is 35.0 Å². The van der Waals surface area contributed by atoms with Gasteiger partial charge in [0.1, 0.15) is 0 Å². The van der Waals surface area contributed by atoms with E-state index in [9.17, 15) is 0 Å². The third kappa shape index (κ3) is 4.94. The fourth-order valence-electron chi connectivity index (χ4n) is 6.91. The Labute approximate surface area is 240 Å². The zero-order valence-electron chi connectivity index (χ0n) is 22.6. The number of hydrogen-bond acceptors (Lipinski definition) is 2. The molecule has 4 aromatic carbocycles. The summed E-state index contributed by atoms with van der Waals surface area (Å²) < 4.78 is 0. The molecule has 4 heteroatoms. The van der Waals surface area contributed by atoms with Gasteiger partial charge < -0.3 is 0 Å². The van der Waals surface area contributed by atoms with Crippen molar-refractivity contribution in [2.24, 2.45) is 0 Å². The summed E-state index contributed by atoms with van der Waals surface area (Å²) in [5.74, 6) is 0. The minimum atomic E-state index is -0.590. The minimum absolute atomic E-state index is 0.500. The van der Waals surface area contributed by atoms with Crippen molar-refractivity contribution in [2.45, 2.75) is 48.3 Å². The summed E-state index contributed by atoms with van der Waals surface area (Å²) >= 11 is 0. The summed E-state index contributed by atoms with van der Waals surface area (Å²) in [4.78, 5) is 10.6. The zero-order valence-corrected chi connectivity index (χ0v) is 24.4. The van der Waals surface area contributed by atoms with Gasteiger partial charge in [-0.05, 0) is 63.8 Å². The first-order chi connectivity index (χ1) is 19.9. The molecular formula is C36H34N2P2. The molecule has 40 heavy (non-hydrogen) atoms. The summed E-state index contributed by atoms with van der Waals surface area (Å²) in [5, 5.41) is 0. The summed E-state index contributed by atoms with van der Waals surface area (Å²) in [6.45, 7) is 0. The summed E-state index contributed by atoms with van der Waals surface area (Å²) in [6.07, 6.45) is 8.73. The Balaban J connectivity index is 1.39. The van der Waals surface area contributed by atoms with Crippen molar-refractivity contribution >= 4 is 26.7 Å². The predicted molar refractivity (Wildman–Crippen MR) is 170 cm³/mol. The zero-order chi connectivity index (χ0) is 26.7. The molecule has 2 aliphatic heterocycles. The van der Waals surface area contributed by atoms with Gasteiger partial charge in [-0.25, -0.2) is 0 Å². The Morgan fingerprint density at radius 2 is 0.625 bits per heavy atom. The maximum Gasteiger partial charge on any atom is 0.0901 e. The van der Waals surface area contributed by atoms with Crippen molar-refractivity contribution in [3.8, 4) is 0 Å². The van der Waals surface area contributed by atoms with Crippen LogP contribution in [0.25, 0.3) is 0 Å². The summed E-state index contributed by atoms with van der Waals surface area (Å²) in [5.41, 5.74) is 10.5. The third-order valence-electron chi connectivity index (χ3n) is 8.66. The molecule has 2 unspecified atom stereocenters. The predicted octanol–water partition coefficient (Wildman–Crippen LogP) is 9.24. The number of aromatic nitrogens is 2. The lowest BCUT2D eigenvalue weighted by molar-refractivity contribution is 0.765. The average Bonchev–Trinajstić information content (AvgIpc) is 3.68. The SMILES string of the molecule is c1ccc(C2CCC(c3ccccc3)P2c2nccnc2P2[C@@H](c3ccccc3)CC[C@@H]2c2ccccc2)cc1. The highest BCUT2D eigenvalue weighted by Gasteiger charge is 2.45. The van der Waals surface area contributed by atoms with Crippen LogP contribution in [0, 0.1) is 0 Å². The number of benzene rings is 4. The molecule has 2 fully saturated rings. The molecule has 0 spiro atoms. The molecule has 2 aliphatic rings. The summed E-state index contributed by atoms with van der Waals surface area (Å²) in [7, 11) is -1.18. The van der Waals surface area contributed by atoms with Gasteiger partial charge in [-0.2, -0.15) is 0 Å². The topological polar surface area (TPSA) is 25.8 Å². The average molecular weight is 557 g/mol. The molecule has 2 saturated heterocycles. The van der Waals surface area contributed by atoms with Crippen LogP contribution in [-0.4, -0.2) is 9.97 Å². The van der Waals surface area contributed by atoms with E-state index in [4.69, 9.17) is 9.97 Å². The van der Waals surface area contributed by atoms with Crippen LogP contribution >= 0.6 is 15.8 Å². The fraction of sp³-hybridized carbons (Fsp3) is 0.222. The van der Waals surface area contributed by atoms with Crippen molar-refractivity contribution in [3.63, 3.8) is 0 Å². The quantitative estimate of drug-likeness (QED) is 0.195. The lowest BCUT2D eigenvalue weighted by atomic mass is 10.0. The largest absolute Gasteiger partial charge is 0.253 e. The molecular weight excluding hydrogens is 522 g/mol. The summed E-state index contributed by atoms with van der Waals surface area (Å²) in [6, 6.07) is 44.9. The molecule has 0 bridgehead atoms. The monoisotopic (exact) mass is 556 g/mol. The van der Waals surface area contributed by atoms with E-state index in [2.05, 4.69) is 121 Å². The number of hydrogen-bond donors (Lipinski definition) is 0. The first-order valence-corrected chi connectivity index (χ1v) is 17.4. The molecule has 7 rings (SSSR count). The fourth-order valence-corrected chi connectivity index (χ4v) is 14.3. The Hall–Kier alpha value is -3.18. The molecule has 198 valence electrons. The maximum atomic E-state index is 5.30. The van der Waals surface area contributed by atoms with E-state index in [0.29, 0.717) is 22.6 Å². The van der Waals surface area contributed by atoms with Gasteiger partial charge in [-0.1, -0.05) is 121 Å². The molecule has 4 atom stereocenters. The van der Waals surface area contributed by atoms with Crippen LogP contribution in [0.2, 0.25) is 0 Å². The van der Waals surface area contributed by atoms with Crippen molar-refractivity contribution in [1.82, 2.24) is 9.97 Å². The van der Waals surface area contributed by atoms with Crippen molar-refractivity contribution in [1.29, 1.82) is 0 Å². The van der Waals surface area contributed by atoms with E-state index in [1.165, 1.54) is 58.8 Å². The van der Waals surface area contributed by atoms with Crippen LogP contribution in [0.4, 0.5) is 0 Å². The van der Waals surface area contributed by atoms with Crippen molar-refractivity contribution in [2.75, 3.05) is 0 Å². The minimum Gasteiger partial charge on any atom is -0.253 e. The van der Waals surface area contributed by atoms with Crippen LogP contribution in [-0.2, 0) is 0 Å². The molecule has 1 aromatic heterocycles. The van der Waals surface area contributed by atoms with Gasteiger partial charge in [0.25, 0.3) is 0 Å². The van der Waals surface area contributed by atoms with Gasteiger partial charge in [0.2, 0.25) is 0 Å². The standard InChI is InChI=1S/C36H34N2P2/c1-5-13-27(14-6-1)31-21-22-32(28-15-7-2-8-16-28)39(31)35-36(38-26-25-37-35)40-33(29-17-9-3-10-18-29)23-24-34(40)30-19-11-4-12-20-30/h1-20,25-26,31-34H,21-24H2/t31-,32-,33?,34?,40?/m1/s1. The highest BCUT2D eigenvalue weighted by molar-refractivity contribution is 7.72. The van der Waals surface area contributed by atoms with E-state index in [1.807, 2.05) is 12.4 Å². The lowest BCUT2D eigenvalue weighted by Crippen LogP contribution is -2.31. The highest BCUT2D eigenvalue weighted by Crippen LogP contribution is 2.72. The van der Waals surface area contributed by atoms with E-state index in [0.717, 1.165) is 0 Å². The maximum absolute atomic E-state index is 5.30. The van der Waals surface area contributed by atoms with Crippen molar-refractivity contribution < 1.29 is 0 Å². The Morgan fingerprint density at radius 1 is 0.375 bits per heavy atom. The van der Waals surface area contributed by atoms with Gasteiger partial charge in [-0.3, -0.25) is 9.97 Å². The first kappa shape index (κ1) is 25.8. The normalized spacial score (nSPS) is 24.8. The second-order valence-electron chi connectivity index (χ2n) is 10.9. The van der Waals surface area contributed by atoms with E-state index in [-0.39, 0.29) is 0 Å². The molecule has 3 heterocycles. The van der Waals surface area contributed by atoms with Gasteiger partial charge in [0.05, 0.1) is 10.9 Å². The van der Waals surface area contributed by atoms with E-state index < -0.39 is 15.8 Å². The Kier molecular flexibility index (Phi) is 7.56.